The van der Waals surface area contributed by atoms with Crippen molar-refractivity contribution in [2.75, 3.05) is 5.73 Å². The zero-order chi connectivity index (χ0) is 29.5. The predicted octanol–water partition coefficient (Wildman–Crippen LogP) is 8.20. The molecule has 42 heavy (non-hydrogen) atoms. The van der Waals surface area contributed by atoms with Gasteiger partial charge in [-0.15, -0.1) is 0 Å². The van der Waals surface area contributed by atoms with E-state index in [1.165, 1.54) is 43.9 Å². The summed E-state index contributed by atoms with van der Waals surface area (Å²) < 4.78 is 10.8. The van der Waals surface area contributed by atoms with Crippen molar-refractivity contribution >= 4 is 11.4 Å². The Bertz CT molecular complexity index is 1640. The molecular weight excluding hydrogens is 532 g/mol. The van der Waals surface area contributed by atoms with E-state index >= 15 is 0 Å². The Hall–Kier alpha value is -4.46. The van der Waals surface area contributed by atoms with Crippen LogP contribution in [-0.2, 0) is 0 Å². The summed E-state index contributed by atoms with van der Waals surface area (Å²) in [7, 11) is 0. The summed E-state index contributed by atoms with van der Waals surface area (Å²) in [6.45, 7) is 0. The van der Waals surface area contributed by atoms with Crippen LogP contribution in [0.4, 0.5) is 11.4 Å². The summed E-state index contributed by atoms with van der Waals surface area (Å²) >= 11 is 0. The van der Waals surface area contributed by atoms with Crippen molar-refractivity contribution in [3.05, 3.63) is 115 Å². The number of non-ortho nitro benzene ring substituents is 1. The fourth-order valence-electron chi connectivity index (χ4n) is 6.02. The Morgan fingerprint density at radius 1 is 0.619 bits per heavy atom. The number of anilines is 1. The van der Waals surface area contributed by atoms with Gasteiger partial charge >= 0.3 is 11.3 Å². The summed E-state index contributed by atoms with van der Waals surface area (Å²) in [5, 5.41) is 10.9. The molecular formula is C34H36N2O6. The largest absolute Gasteiger partial charge is 0.428 e. The molecule has 0 unspecified atom stereocenters. The SMILES string of the molecule is Nc1cccc(-c2cc(C3CCCCC3)oc(=O)c2)c1.O=c1cc(-c2cccc([N+](=O)[O-])c2)cc(C2CCCCC2)o1. The van der Waals surface area contributed by atoms with Crippen LogP contribution in [0.25, 0.3) is 22.3 Å². The average molecular weight is 569 g/mol. The molecule has 2 fully saturated rings. The van der Waals surface area contributed by atoms with Crippen LogP contribution in [0.15, 0.2) is 91.2 Å². The normalized spacial score (nSPS) is 15.9. The van der Waals surface area contributed by atoms with Crippen molar-refractivity contribution in [3.63, 3.8) is 0 Å². The van der Waals surface area contributed by atoms with Gasteiger partial charge in [0.1, 0.15) is 11.5 Å². The number of benzene rings is 2. The highest BCUT2D eigenvalue weighted by Gasteiger charge is 2.20. The molecule has 2 N–H and O–H groups in total. The first kappa shape index (κ1) is 29.0. The van der Waals surface area contributed by atoms with Crippen molar-refractivity contribution in [2.45, 2.75) is 76.0 Å². The molecule has 2 saturated carbocycles. The molecule has 218 valence electrons. The van der Waals surface area contributed by atoms with Crippen LogP contribution >= 0.6 is 0 Å². The third-order valence-corrected chi connectivity index (χ3v) is 8.20. The van der Waals surface area contributed by atoms with E-state index in [9.17, 15) is 19.7 Å². The number of hydrogen-bond acceptors (Lipinski definition) is 7. The minimum absolute atomic E-state index is 0.0185. The van der Waals surface area contributed by atoms with Gasteiger partial charge < -0.3 is 14.6 Å². The first-order chi connectivity index (χ1) is 20.4. The summed E-state index contributed by atoms with van der Waals surface area (Å²) in [6.07, 6.45) is 11.5. The maximum absolute atomic E-state index is 11.8. The summed E-state index contributed by atoms with van der Waals surface area (Å²) in [6, 6.07) is 20.7. The van der Waals surface area contributed by atoms with Gasteiger partial charge in [0, 0.05) is 41.8 Å². The van der Waals surface area contributed by atoms with Crippen LogP contribution in [0.3, 0.4) is 0 Å². The van der Waals surface area contributed by atoms with Gasteiger partial charge in [-0.3, -0.25) is 10.1 Å². The van der Waals surface area contributed by atoms with Gasteiger partial charge in [-0.25, -0.2) is 9.59 Å². The summed E-state index contributed by atoms with van der Waals surface area (Å²) in [5.41, 5.74) is 9.08. The zero-order valence-corrected chi connectivity index (χ0v) is 23.6. The second kappa shape index (κ2) is 13.5. The van der Waals surface area contributed by atoms with E-state index in [1.807, 2.05) is 36.4 Å². The van der Waals surface area contributed by atoms with Gasteiger partial charge in [0.15, 0.2) is 0 Å². The first-order valence-electron chi connectivity index (χ1n) is 14.8. The molecule has 0 saturated heterocycles. The minimum Gasteiger partial charge on any atom is -0.428 e. The monoisotopic (exact) mass is 568 g/mol. The van der Waals surface area contributed by atoms with E-state index < -0.39 is 10.5 Å². The molecule has 0 aliphatic heterocycles. The van der Waals surface area contributed by atoms with Crippen molar-refractivity contribution in [3.8, 4) is 22.3 Å². The number of nitro benzene ring substituents is 1. The van der Waals surface area contributed by atoms with Crippen LogP contribution in [-0.4, -0.2) is 4.92 Å². The summed E-state index contributed by atoms with van der Waals surface area (Å²) in [5.74, 6) is 2.20. The third kappa shape index (κ3) is 7.43. The lowest BCUT2D eigenvalue weighted by atomic mass is 9.87. The average Bonchev–Trinajstić information content (AvgIpc) is 3.02. The standard InChI is InChI=1S/C17H17NO4.C17H19NO2/c19-17-11-14(13-7-4-8-15(9-13)18(20)21)10-16(22-17)12-5-2-1-3-6-12;18-15-8-4-7-13(9-15)14-10-16(20-17(19)11-14)12-5-2-1-3-6-12/h4,7-12H,1-3,5-6H2;4,7-12H,1-3,5-6,18H2. The number of nitrogen functional groups attached to an aromatic ring is 1. The number of nitrogens with two attached hydrogens (primary N) is 1. The molecule has 2 aliphatic carbocycles. The second-order valence-electron chi connectivity index (χ2n) is 11.2. The van der Waals surface area contributed by atoms with Crippen molar-refractivity contribution in [1.29, 1.82) is 0 Å². The van der Waals surface area contributed by atoms with Crippen LogP contribution in [0.2, 0.25) is 0 Å². The highest BCUT2D eigenvalue weighted by atomic mass is 16.6. The van der Waals surface area contributed by atoms with Gasteiger partial charge in [0.2, 0.25) is 0 Å². The van der Waals surface area contributed by atoms with E-state index in [0.29, 0.717) is 28.5 Å². The Kier molecular flexibility index (Phi) is 9.31. The van der Waals surface area contributed by atoms with Gasteiger partial charge in [-0.05, 0) is 72.2 Å². The molecule has 2 heterocycles. The second-order valence-corrected chi connectivity index (χ2v) is 11.2. The van der Waals surface area contributed by atoms with Gasteiger partial charge in [0.05, 0.1) is 4.92 Å². The van der Waals surface area contributed by atoms with Gasteiger partial charge in [0.25, 0.3) is 5.69 Å². The molecule has 0 radical (unpaired) electrons. The van der Waals surface area contributed by atoms with Crippen LogP contribution in [0.1, 0.15) is 87.6 Å². The molecule has 0 atom stereocenters. The maximum Gasteiger partial charge on any atom is 0.336 e. The van der Waals surface area contributed by atoms with Crippen LogP contribution < -0.4 is 17.0 Å². The van der Waals surface area contributed by atoms with Crippen LogP contribution in [0.5, 0.6) is 0 Å². The lowest BCUT2D eigenvalue weighted by molar-refractivity contribution is -0.384. The highest BCUT2D eigenvalue weighted by Crippen LogP contribution is 2.35. The molecule has 2 aliphatic rings. The fraction of sp³-hybridized carbons (Fsp3) is 0.353. The van der Waals surface area contributed by atoms with E-state index in [-0.39, 0.29) is 17.2 Å². The lowest BCUT2D eigenvalue weighted by Gasteiger charge is -2.20. The maximum atomic E-state index is 11.8. The number of hydrogen-bond donors (Lipinski definition) is 1. The van der Waals surface area contributed by atoms with Crippen molar-refractivity contribution in [1.82, 2.24) is 0 Å². The summed E-state index contributed by atoms with van der Waals surface area (Å²) in [4.78, 5) is 34.1. The van der Waals surface area contributed by atoms with E-state index in [0.717, 1.165) is 55.4 Å². The molecule has 0 spiro atoms. The molecule has 4 aromatic rings. The third-order valence-electron chi connectivity index (χ3n) is 8.20. The van der Waals surface area contributed by atoms with Gasteiger partial charge in [-0.2, -0.15) is 0 Å². The minimum atomic E-state index is -0.434. The topological polar surface area (TPSA) is 130 Å². The quantitative estimate of drug-likeness (QED) is 0.146. The Morgan fingerprint density at radius 3 is 1.57 bits per heavy atom. The molecule has 6 rings (SSSR count). The van der Waals surface area contributed by atoms with Crippen LogP contribution in [0, 0.1) is 10.1 Å². The molecule has 2 aromatic carbocycles. The predicted molar refractivity (Wildman–Crippen MR) is 164 cm³/mol. The smallest absolute Gasteiger partial charge is 0.336 e. The zero-order valence-electron chi connectivity index (χ0n) is 23.6. The molecule has 8 nitrogen and oxygen atoms in total. The number of rotatable bonds is 5. The lowest BCUT2D eigenvalue weighted by Crippen LogP contribution is -2.08. The van der Waals surface area contributed by atoms with Gasteiger partial charge in [-0.1, -0.05) is 62.8 Å². The van der Waals surface area contributed by atoms with E-state index in [2.05, 4.69) is 0 Å². The van der Waals surface area contributed by atoms with Crippen molar-refractivity contribution < 1.29 is 13.8 Å². The van der Waals surface area contributed by atoms with E-state index in [1.54, 1.807) is 18.2 Å². The number of nitro groups is 1. The Labute approximate surface area is 244 Å². The highest BCUT2D eigenvalue weighted by molar-refractivity contribution is 5.67. The fourth-order valence-corrected chi connectivity index (χ4v) is 6.02. The Morgan fingerprint density at radius 2 is 1.10 bits per heavy atom. The molecule has 0 bridgehead atoms. The Balaban J connectivity index is 0.000000169. The number of nitrogens with zero attached hydrogens (tertiary/aromatic N) is 1. The molecule has 8 heteroatoms. The van der Waals surface area contributed by atoms with Crippen molar-refractivity contribution in [2.24, 2.45) is 0 Å². The molecule has 2 aromatic heterocycles. The first-order valence-corrected chi connectivity index (χ1v) is 14.8. The molecule has 0 amide bonds. The van der Waals surface area contributed by atoms with E-state index in [4.69, 9.17) is 14.6 Å².